The average Bonchev–Trinajstić information content (AvgIpc) is 2.89. The zero-order valence-corrected chi connectivity index (χ0v) is 20.2. The molecule has 0 fully saturated rings. The summed E-state index contributed by atoms with van der Waals surface area (Å²) in [6.07, 6.45) is 2.87. The highest BCUT2D eigenvalue weighted by Gasteiger charge is 2.08. The number of hydrogen-bond acceptors (Lipinski definition) is 4. The first-order valence-corrected chi connectivity index (χ1v) is 11.9. The van der Waals surface area contributed by atoms with E-state index in [-0.39, 0.29) is 12.3 Å². The fourth-order valence-corrected chi connectivity index (χ4v) is 3.86. The number of rotatable bonds is 10. The number of hydrazone groups is 1. The van der Waals surface area contributed by atoms with Crippen molar-refractivity contribution in [2.75, 3.05) is 6.61 Å². The van der Waals surface area contributed by atoms with Gasteiger partial charge in [0.15, 0.2) is 11.5 Å². The summed E-state index contributed by atoms with van der Waals surface area (Å²) in [6, 6.07) is 28.2. The van der Waals surface area contributed by atoms with Crippen LogP contribution in [0.15, 0.2) is 90.0 Å². The lowest BCUT2D eigenvalue weighted by Gasteiger charge is -2.13. The van der Waals surface area contributed by atoms with Crippen molar-refractivity contribution in [2.24, 2.45) is 5.10 Å². The van der Waals surface area contributed by atoms with Gasteiger partial charge in [0, 0.05) is 0 Å². The molecule has 0 atom stereocenters. The van der Waals surface area contributed by atoms with Gasteiger partial charge in [-0.3, -0.25) is 4.79 Å². The second-order valence-corrected chi connectivity index (χ2v) is 8.21. The van der Waals surface area contributed by atoms with Crippen LogP contribution in [0.5, 0.6) is 11.5 Å². The molecule has 0 saturated carbocycles. The molecule has 5 nitrogen and oxygen atoms in total. The molecule has 178 valence electrons. The van der Waals surface area contributed by atoms with Gasteiger partial charge >= 0.3 is 0 Å². The van der Waals surface area contributed by atoms with Crippen molar-refractivity contribution in [3.8, 4) is 11.5 Å². The molecule has 0 aliphatic heterocycles. The molecule has 4 aromatic rings. The highest BCUT2D eigenvalue weighted by Crippen LogP contribution is 2.30. The number of nitrogens with one attached hydrogen (secondary N) is 1. The third kappa shape index (κ3) is 6.48. The number of aryl methyl sites for hydroxylation is 1. The van der Waals surface area contributed by atoms with E-state index in [4.69, 9.17) is 9.47 Å². The summed E-state index contributed by atoms with van der Waals surface area (Å²) < 4.78 is 11.9. The zero-order valence-electron chi connectivity index (χ0n) is 20.2. The van der Waals surface area contributed by atoms with Gasteiger partial charge in [-0.2, -0.15) is 5.10 Å². The molecule has 1 N–H and O–H groups in total. The van der Waals surface area contributed by atoms with Crippen LogP contribution in [0.4, 0.5) is 0 Å². The Labute approximate surface area is 206 Å². The Bertz CT molecular complexity index is 1310. The van der Waals surface area contributed by atoms with Gasteiger partial charge in [0.25, 0.3) is 0 Å². The van der Waals surface area contributed by atoms with E-state index in [0.717, 1.165) is 23.1 Å². The van der Waals surface area contributed by atoms with Gasteiger partial charge in [0.05, 0.1) is 19.2 Å². The summed E-state index contributed by atoms with van der Waals surface area (Å²) in [4.78, 5) is 12.2. The molecule has 5 heteroatoms. The minimum absolute atomic E-state index is 0.162. The highest BCUT2D eigenvalue weighted by molar-refractivity contribution is 5.86. The molecule has 0 heterocycles. The largest absolute Gasteiger partial charge is 0.490 e. The maximum absolute atomic E-state index is 12.2. The molecule has 1 amide bonds. The Morgan fingerprint density at radius 2 is 1.63 bits per heavy atom. The van der Waals surface area contributed by atoms with Crippen molar-refractivity contribution in [1.29, 1.82) is 0 Å². The highest BCUT2D eigenvalue weighted by atomic mass is 16.5. The van der Waals surface area contributed by atoms with Crippen molar-refractivity contribution in [2.45, 2.75) is 33.3 Å². The van der Waals surface area contributed by atoms with Crippen LogP contribution in [0.3, 0.4) is 0 Å². The van der Waals surface area contributed by atoms with Crippen LogP contribution >= 0.6 is 0 Å². The topological polar surface area (TPSA) is 59.9 Å². The number of fused-ring (bicyclic) bond motifs is 1. The molecular formula is C30H30N2O3. The maximum Gasteiger partial charge on any atom is 0.244 e. The van der Waals surface area contributed by atoms with Crippen molar-refractivity contribution < 1.29 is 14.3 Å². The van der Waals surface area contributed by atoms with E-state index in [9.17, 15) is 4.79 Å². The quantitative estimate of drug-likeness (QED) is 0.228. The number of nitrogens with zero attached hydrogens (tertiary/aromatic N) is 1. The van der Waals surface area contributed by atoms with Gasteiger partial charge in [-0.25, -0.2) is 5.43 Å². The third-order valence-electron chi connectivity index (χ3n) is 5.73. The average molecular weight is 467 g/mol. The number of amides is 1. The molecule has 0 spiro atoms. The SMILES string of the molecule is CCOc1cc(/C=N/NC(=O)Cc2ccc(CC)cc2)ccc1OCc1cccc2ccccc12. The molecule has 35 heavy (non-hydrogen) atoms. The van der Waals surface area contributed by atoms with E-state index in [2.05, 4.69) is 41.7 Å². The maximum atomic E-state index is 12.2. The Kier molecular flexibility index (Phi) is 8.12. The molecule has 0 bridgehead atoms. The Balaban J connectivity index is 1.39. The van der Waals surface area contributed by atoms with Crippen LogP contribution in [0.25, 0.3) is 10.8 Å². The first-order valence-electron chi connectivity index (χ1n) is 11.9. The van der Waals surface area contributed by atoms with E-state index in [0.29, 0.717) is 24.7 Å². The predicted molar refractivity (Wildman–Crippen MR) is 141 cm³/mol. The minimum Gasteiger partial charge on any atom is -0.490 e. The van der Waals surface area contributed by atoms with Crippen molar-refractivity contribution in [1.82, 2.24) is 5.43 Å². The van der Waals surface area contributed by atoms with Crippen LogP contribution in [-0.4, -0.2) is 18.7 Å². The number of hydrogen-bond donors (Lipinski definition) is 1. The van der Waals surface area contributed by atoms with E-state index in [1.54, 1.807) is 6.21 Å². The van der Waals surface area contributed by atoms with Gasteiger partial charge < -0.3 is 9.47 Å². The number of carbonyl (C=O) groups excluding carboxylic acids is 1. The molecule has 0 radical (unpaired) electrons. The van der Waals surface area contributed by atoms with Crippen molar-refractivity contribution >= 4 is 22.9 Å². The summed E-state index contributed by atoms with van der Waals surface area (Å²) in [6.45, 7) is 4.99. The van der Waals surface area contributed by atoms with Gasteiger partial charge in [-0.15, -0.1) is 0 Å². The molecule has 4 rings (SSSR count). The minimum atomic E-state index is -0.162. The monoisotopic (exact) mass is 466 g/mol. The van der Waals surface area contributed by atoms with E-state index >= 15 is 0 Å². The lowest BCUT2D eigenvalue weighted by molar-refractivity contribution is -0.120. The van der Waals surface area contributed by atoms with Gasteiger partial charge in [-0.1, -0.05) is 73.7 Å². The van der Waals surface area contributed by atoms with Crippen LogP contribution in [0, 0.1) is 0 Å². The molecule has 0 aliphatic carbocycles. The fourth-order valence-electron chi connectivity index (χ4n) is 3.86. The smallest absolute Gasteiger partial charge is 0.244 e. The molecule has 0 aliphatic rings. The van der Waals surface area contributed by atoms with Crippen LogP contribution in [-0.2, 0) is 24.2 Å². The summed E-state index contributed by atoms with van der Waals surface area (Å²) in [5.41, 5.74) is 6.73. The first kappa shape index (κ1) is 24.0. The lowest BCUT2D eigenvalue weighted by Crippen LogP contribution is -2.19. The summed E-state index contributed by atoms with van der Waals surface area (Å²) in [5, 5.41) is 6.47. The molecule has 4 aromatic carbocycles. The standard InChI is InChI=1S/C30H30N2O3/c1-3-22-12-14-23(15-13-22)19-30(33)32-31-20-24-16-17-28(29(18-24)34-4-2)35-21-26-10-7-9-25-8-5-6-11-27(25)26/h5-18,20H,3-4,19,21H2,1-2H3,(H,32,33)/b31-20+. The van der Waals surface area contributed by atoms with E-state index in [1.807, 2.05) is 67.6 Å². The summed E-state index contributed by atoms with van der Waals surface area (Å²) in [5.74, 6) is 1.14. The fraction of sp³-hybridized carbons (Fsp3) is 0.200. The van der Waals surface area contributed by atoms with Crippen LogP contribution in [0.2, 0.25) is 0 Å². The summed E-state index contributed by atoms with van der Waals surface area (Å²) in [7, 11) is 0. The first-order chi connectivity index (χ1) is 17.2. The number of ether oxygens (including phenoxy) is 2. The molecule has 0 saturated heterocycles. The van der Waals surface area contributed by atoms with E-state index in [1.165, 1.54) is 16.3 Å². The van der Waals surface area contributed by atoms with Gasteiger partial charge in [0.1, 0.15) is 6.61 Å². The zero-order chi connectivity index (χ0) is 24.5. The second kappa shape index (κ2) is 11.8. The third-order valence-corrected chi connectivity index (χ3v) is 5.73. The van der Waals surface area contributed by atoms with Gasteiger partial charge in [-0.05, 0) is 64.6 Å². The molecule has 0 unspecified atom stereocenters. The van der Waals surface area contributed by atoms with Crippen LogP contribution < -0.4 is 14.9 Å². The molecular weight excluding hydrogens is 436 g/mol. The number of benzene rings is 4. The normalized spacial score (nSPS) is 11.0. The number of carbonyl (C=O) groups is 1. The van der Waals surface area contributed by atoms with Crippen molar-refractivity contribution in [3.05, 3.63) is 107 Å². The Morgan fingerprint density at radius 1 is 0.857 bits per heavy atom. The molecule has 0 aromatic heterocycles. The van der Waals surface area contributed by atoms with E-state index < -0.39 is 0 Å². The van der Waals surface area contributed by atoms with Gasteiger partial charge in [0.2, 0.25) is 5.91 Å². The lowest BCUT2D eigenvalue weighted by atomic mass is 10.1. The Hall–Kier alpha value is -4.12. The predicted octanol–water partition coefficient (Wildman–Crippen LogP) is 6.07. The van der Waals surface area contributed by atoms with Crippen LogP contribution in [0.1, 0.15) is 36.1 Å². The Morgan fingerprint density at radius 3 is 2.43 bits per heavy atom. The van der Waals surface area contributed by atoms with Crippen molar-refractivity contribution in [3.63, 3.8) is 0 Å². The summed E-state index contributed by atoms with van der Waals surface area (Å²) >= 11 is 0. The second-order valence-electron chi connectivity index (χ2n) is 8.21.